The first-order valence-electron chi connectivity index (χ1n) is 6.24. The third-order valence-corrected chi connectivity index (χ3v) is 4.03. The van der Waals surface area contributed by atoms with Gasteiger partial charge >= 0.3 is 0 Å². The molecular formula is C14H16F2N2OS. The van der Waals surface area contributed by atoms with E-state index in [1.54, 1.807) is 11.3 Å². The summed E-state index contributed by atoms with van der Waals surface area (Å²) in [4.78, 5) is 5.35. The zero-order valence-electron chi connectivity index (χ0n) is 11.3. The second kappa shape index (κ2) is 6.39. The van der Waals surface area contributed by atoms with Crippen LogP contribution in [0, 0.1) is 25.5 Å². The van der Waals surface area contributed by atoms with Crippen molar-refractivity contribution in [3.63, 3.8) is 0 Å². The lowest BCUT2D eigenvalue weighted by atomic mass is 10.1. The fraction of sp³-hybridized carbons (Fsp3) is 0.357. The highest BCUT2D eigenvalue weighted by atomic mass is 32.1. The normalized spacial score (nSPS) is 12.7. The minimum atomic E-state index is -1.22. The van der Waals surface area contributed by atoms with Crippen LogP contribution in [0.4, 0.5) is 8.78 Å². The molecule has 0 saturated heterocycles. The monoisotopic (exact) mass is 298 g/mol. The van der Waals surface area contributed by atoms with Crippen LogP contribution in [0.5, 0.6) is 0 Å². The van der Waals surface area contributed by atoms with Crippen LogP contribution in [-0.2, 0) is 6.54 Å². The molecule has 0 saturated carbocycles. The van der Waals surface area contributed by atoms with Gasteiger partial charge in [0.1, 0.15) is 11.6 Å². The quantitative estimate of drug-likeness (QED) is 0.892. The van der Waals surface area contributed by atoms with Crippen molar-refractivity contribution in [2.45, 2.75) is 26.5 Å². The highest BCUT2D eigenvalue weighted by molar-refractivity contribution is 7.11. The fourth-order valence-corrected chi connectivity index (χ4v) is 2.90. The maximum Gasteiger partial charge on any atom is 0.131 e. The van der Waals surface area contributed by atoms with Gasteiger partial charge in [-0.2, -0.15) is 0 Å². The number of aliphatic hydroxyl groups excluding tert-OH is 1. The largest absolute Gasteiger partial charge is 0.387 e. The van der Waals surface area contributed by atoms with Crippen LogP contribution in [0.1, 0.15) is 27.2 Å². The molecule has 3 nitrogen and oxygen atoms in total. The third-order valence-electron chi connectivity index (χ3n) is 2.96. The minimum absolute atomic E-state index is 0.0776. The summed E-state index contributed by atoms with van der Waals surface area (Å²) in [5.41, 5.74) is 0.642. The Labute approximate surface area is 120 Å². The summed E-state index contributed by atoms with van der Waals surface area (Å²) in [5, 5.41) is 13.8. The predicted octanol–water partition coefficient (Wildman–Crippen LogP) is 2.86. The molecule has 0 bridgehead atoms. The Morgan fingerprint density at radius 1 is 1.30 bits per heavy atom. The van der Waals surface area contributed by atoms with E-state index in [0.717, 1.165) is 27.7 Å². The van der Waals surface area contributed by atoms with Crippen molar-refractivity contribution in [2.24, 2.45) is 0 Å². The third kappa shape index (κ3) is 3.39. The molecule has 1 aromatic carbocycles. The van der Waals surface area contributed by atoms with Gasteiger partial charge < -0.3 is 10.4 Å². The van der Waals surface area contributed by atoms with Crippen LogP contribution in [0.3, 0.4) is 0 Å². The molecule has 0 fully saturated rings. The Morgan fingerprint density at radius 2 is 1.95 bits per heavy atom. The minimum Gasteiger partial charge on any atom is -0.387 e. The van der Waals surface area contributed by atoms with Crippen LogP contribution in [0.25, 0.3) is 0 Å². The molecular weight excluding hydrogens is 282 g/mol. The maximum absolute atomic E-state index is 13.5. The number of aliphatic hydroxyl groups is 1. The lowest BCUT2D eigenvalue weighted by Gasteiger charge is -2.13. The smallest absolute Gasteiger partial charge is 0.131 e. The molecule has 0 aliphatic rings. The Balaban J connectivity index is 1.96. The van der Waals surface area contributed by atoms with Crippen molar-refractivity contribution in [3.05, 3.63) is 51.0 Å². The van der Waals surface area contributed by atoms with Gasteiger partial charge in [0.15, 0.2) is 0 Å². The number of aryl methyl sites for hydroxylation is 2. The van der Waals surface area contributed by atoms with Gasteiger partial charge in [0.2, 0.25) is 0 Å². The maximum atomic E-state index is 13.5. The Morgan fingerprint density at radius 3 is 2.50 bits per heavy atom. The van der Waals surface area contributed by atoms with E-state index in [2.05, 4.69) is 10.3 Å². The van der Waals surface area contributed by atoms with Gasteiger partial charge in [-0.1, -0.05) is 6.07 Å². The van der Waals surface area contributed by atoms with Gasteiger partial charge in [-0.15, -0.1) is 11.3 Å². The molecule has 20 heavy (non-hydrogen) atoms. The summed E-state index contributed by atoms with van der Waals surface area (Å²) in [6, 6.07) is 3.55. The number of hydrogen-bond donors (Lipinski definition) is 2. The number of halogens is 2. The van der Waals surface area contributed by atoms with Crippen molar-refractivity contribution in [1.82, 2.24) is 10.3 Å². The van der Waals surface area contributed by atoms with Crippen molar-refractivity contribution in [3.8, 4) is 0 Å². The van der Waals surface area contributed by atoms with Crippen LogP contribution in [0.2, 0.25) is 0 Å². The molecule has 0 spiro atoms. The SMILES string of the molecule is Cc1nc(C)c(CNCC(O)c2c(F)cccc2F)s1. The molecule has 108 valence electrons. The van der Waals surface area contributed by atoms with E-state index in [9.17, 15) is 13.9 Å². The molecule has 1 unspecified atom stereocenters. The summed E-state index contributed by atoms with van der Waals surface area (Å²) >= 11 is 1.56. The van der Waals surface area contributed by atoms with Crippen LogP contribution < -0.4 is 5.32 Å². The number of nitrogens with zero attached hydrogens (tertiary/aromatic N) is 1. The van der Waals surface area contributed by atoms with Gasteiger partial charge in [0.25, 0.3) is 0 Å². The molecule has 0 amide bonds. The van der Waals surface area contributed by atoms with Gasteiger partial charge in [-0.25, -0.2) is 13.8 Å². The van der Waals surface area contributed by atoms with E-state index in [-0.39, 0.29) is 12.1 Å². The second-order valence-corrected chi connectivity index (χ2v) is 5.81. The first-order chi connectivity index (χ1) is 9.49. The standard InChI is InChI=1S/C14H16F2N2OS/c1-8-13(20-9(2)18-8)7-17-6-12(19)14-10(15)4-3-5-11(14)16/h3-5,12,17,19H,6-7H2,1-2H3. The Kier molecular flexibility index (Phi) is 4.80. The van der Waals surface area contributed by atoms with Gasteiger partial charge in [-0.05, 0) is 26.0 Å². The fourth-order valence-electron chi connectivity index (χ4n) is 1.99. The van der Waals surface area contributed by atoms with Crippen molar-refractivity contribution >= 4 is 11.3 Å². The van der Waals surface area contributed by atoms with E-state index >= 15 is 0 Å². The topological polar surface area (TPSA) is 45.2 Å². The number of nitrogens with one attached hydrogen (secondary N) is 1. The molecule has 2 aromatic rings. The van der Waals surface area contributed by atoms with Crippen LogP contribution in [0.15, 0.2) is 18.2 Å². The van der Waals surface area contributed by atoms with E-state index < -0.39 is 17.7 Å². The number of hydrogen-bond acceptors (Lipinski definition) is 4. The van der Waals surface area contributed by atoms with E-state index in [4.69, 9.17) is 0 Å². The van der Waals surface area contributed by atoms with Crippen molar-refractivity contribution < 1.29 is 13.9 Å². The van der Waals surface area contributed by atoms with Gasteiger partial charge in [0.05, 0.1) is 22.4 Å². The predicted molar refractivity (Wildman–Crippen MR) is 74.6 cm³/mol. The Bertz CT molecular complexity index is 581. The number of benzene rings is 1. The molecule has 0 radical (unpaired) electrons. The second-order valence-electron chi connectivity index (χ2n) is 4.52. The summed E-state index contributed by atoms with van der Waals surface area (Å²) in [7, 11) is 0. The highest BCUT2D eigenvalue weighted by Crippen LogP contribution is 2.21. The van der Waals surface area contributed by atoms with Crippen LogP contribution in [-0.4, -0.2) is 16.6 Å². The van der Waals surface area contributed by atoms with Crippen molar-refractivity contribution in [2.75, 3.05) is 6.54 Å². The lowest BCUT2D eigenvalue weighted by Crippen LogP contribution is -2.22. The first kappa shape index (κ1) is 15.0. The average molecular weight is 298 g/mol. The van der Waals surface area contributed by atoms with E-state index in [0.29, 0.717) is 6.54 Å². The first-order valence-corrected chi connectivity index (χ1v) is 7.06. The molecule has 2 N–H and O–H groups in total. The average Bonchev–Trinajstić information content (AvgIpc) is 2.68. The molecule has 1 atom stereocenters. The van der Waals surface area contributed by atoms with Gasteiger partial charge in [-0.3, -0.25) is 0 Å². The summed E-state index contributed by atoms with van der Waals surface area (Å²) in [6.45, 7) is 4.43. The van der Waals surface area contributed by atoms with Crippen LogP contribution >= 0.6 is 11.3 Å². The highest BCUT2D eigenvalue weighted by Gasteiger charge is 2.17. The molecule has 1 heterocycles. The molecule has 0 aliphatic carbocycles. The van der Waals surface area contributed by atoms with E-state index in [1.165, 1.54) is 6.07 Å². The molecule has 1 aromatic heterocycles. The van der Waals surface area contributed by atoms with Gasteiger partial charge in [0, 0.05) is 18.0 Å². The number of aromatic nitrogens is 1. The summed E-state index contributed by atoms with van der Waals surface area (Å²) in [6.07, 6.45) is -1.22. The zero-order valence-corrected chi connectivity index (χ0v) is 12.1. The molecule has 2 rings (SSSR count). The Hall–Kier alpha value is -1.37. The van der Waals surface area contributed by atoms with E-state index in [1.807, 2.05) is 13.8 Å². The van der Waals surface area contributed by atoms with Crippen molar-refractivity contribution in [1.29, 1.82) is 0 Å². The summed E-state index contributed by atoms with van der Waals surface area (Å²) in [5.74, 6) is -1.46. The zero-order chi connectivity index (χ0) is 14.7. The number of thiazole rings is 1. The summed E-state index contributed by atoms with van der Waals surface area (Å²) < 4.78 is 27.0. The lowest BCUT2D eigenvalue weighted by molar-refractivity contribution is 0.164. The number of rotatable bonds is 5. The molecule has 6 heteroatoms. The molecule has 0 aliphatic heterocycles.